The Hall–Kier alpha value is -2.18. The number of urea groups is 1. The lowest BCUT2D eigenvalue weighted by Crippen LogP contribution is -2.31. The number of aryl methyl sites for hydroxylation is 1. The average molecular weight is 345 g/mol. The van der Waals surface area contributed by atoms with E-state index >= 15 is 0 Å². The number of halogens is 1. The predicted octanol–water partition coefficient (Wildman–Crippen LogP) is 4.10. The van der Waals surface area contributed by atoms with Crippen LogP contribution in [-0.2, 0) is 0 Å². The van der Waals surface area contributed by atoms with Crippen molar-refractivity contribution in [1.29, 1.82) is 0 Å². The van der Waals surface area contributed by atoms with Gasteiger partial charge in [0.15, 0.2) is 0 Å². The monoisotopic (exact) mass is 344 g/mol. The van der Waals surface area contributed by atoms with Crippen LogP contribution in [0.1, 0.15) is 5.56 Å². The maximum Gasteiger partial charge on any atom is 0.329 e. The summed E-state index contributed by atoms with van der Waals surface area (Å²) in [5.74, 6) is 0. The number of anilines is 2. The summed E-state index contributed by atoms with van der Waals surface area (Å²) >= 11 is 7.68. The molecule has 0 atom stereocenters. The van der Waals surface area contributed by atoms with Gasteiger partial charge in [0.05, 0.1) is 11.9 Å². The maximum absolute atomic E-state index is 12.8. The van der Waals surface area contributed by atoms with Crippen molar-refractivity contribution in [3.8, 4) is 0 Å². The lowest BCUT2D eigenvalue weighted by molar-refractivity contribution is 0.256. The smallest absolute Gasteiger partial charge is 0.290 e. The van der Waals surface area contributed by atoms with Crippen molar-refractivity contribution in [2.45, 2.75) is 6.92 Å². The summed E-state index contributed by atoms with van der Waals surface area (Å²) in [7, 11) is 0. The first kappa shape index (κ1) is 14.4. The second kappa shape index (κ2) is 5.47. The van der Waals surface area contributed by atoms with Crippen LogP contribution >= 0.6 is 22.9 Å². The Morgan fingerprint density at radius 3 is 2.83 bits per heavy atom. The minimum Gasteiger partial charge on any atom is -0.290 e. The standard InChI is InChI=1S/C16H13ClN4OS/c1-10-2-4-18-9-12(10)20-6-7-21(16(20)22)14-8-11-13(23-14)3-5-19-15(11)17/h2-5,8-9H,6-7H2,1H3. The molecule has 7 heteroatoms. The maximum atomic E-state index is 12.8. The number of carbonyl (C=O) groups excluding carboxylic acids is 1. The fraction of sp³-hybridized carbons (Fsp3) is 0.188. The van der Waals surface area contributed by atoms with Crippen LogP contribution in [0.25, 0.3) is 10.1 Å². The van der Waals surface area contributed by atoms with Gasteiger partial charge >= 0.3 is 6.03 Å². The first-order valence-corrected chi connectivity index (χ1v) is 8.38. The second-order valence-electron chi connectivity index (χ2n) is 5.35. The number of thiophene rings is 1. The van der Waals surface area contributed by atoms with Crippen molar-refractivity contribution in [2.75, 3.05) is 22.9 Å². The number of hydrogen-bond acceptors (Lipinski definition) is 4. The highest BCUT2D eigenvalue weighted by molar-refractivity contribution is 7.23. The van der Waals surface area contributed by atoms with Crippen LogP contribution in [0.2, 0.25) is 5.15 Å². The number of aromatic nitrogens is 2. The zero-order valence-electron chi connectivity index (χ0n) is 12.4. The van der Waals surface area contributed by atoms with Gasteiger partial charge in [-0.3, -0.25) is 14.8 Å². The van der Waals surface area contributed by atoms with Crippen molar-refractivity contribution in [1.82, 2.24) is 9.97 Å². The van der Waals surface area contributed by atoms with Gasteiger partial charge in [-0.05, 0) is 30.7 Å². The molecule has 4 rings (SSSR count). The highest BCUT2D eigenvalue weighted by Crippen LogP contribution is 2.37. The minimum absolute atomic E-state index is 0.0308. The van der Waals surface area contributed by atoms with Gasteiger partial charge in [-0.25, -0.2) is 9.78 Å². The molecule has 0 spiro atoms. The SMILES string of the molecule is Cc1ccncc1N1CCN(c2cc3c(Cl)nccc3s2)C1=O. The Bertz CT molecular complexity index is 910. The van der Waals surface area contributed by atoms with E-state index in [0.717, 1.165) is 26.3 Å². The molecule has 4 heterocycles. The largest absolute Gasteiger partial charge is 0.329 e. The van der Waals surface area contributed by atoms with Gasteiger partial charge in [0, 0.05) is 35.6 Å². The number of pyridine rings is 2. The Morgan fingerprint density at radius 1 is 1.22 bits per heavy atom. The third-order valence-corrected chi connectivity index (χ3v) is 5.39. The van der Waals surface area contributed by atoms with Gasteiger partial charge in [-0.1, -0.05) is 11.6 Å². The van der Waals surface area contributed by atoms with E-state index in [9.17, 15) is 4.79 Å². The fourth-order valence-corrected chi connectivity index (χ4v) is 4.10. The molecule has 1 fully saturated rings. The van der Waals surface area contributed by atoms with E-state index < -0.39 is 0 Å². The third kappa shape index (κ3) is 2.34. The molecule has 0 N–H and O–H groups in total. The summed E-state index contributed by atoms with van der Waals surface area (Å²) in [6, 6.07) is 5.74. The van der Waals surface area contributed by atoms with Crippen molar-refractivity contribution in [3.05, 3.63) is 47.5 Å². The summed E-state index contributed by atoms with van der Waals surface area (Å²) in [6.45, 7) is 3.27. The quantitative estimate of drug-likeness (QED) is 0.657. The summed E-state index contributed by atoms with van der Waals surface area (Å²) in [6.07, 6.45) is 5.16. The molecular formula is C16H13ClN4OS. The van der Waals surface area contributed by atoms with Crippen molar-refractivity contribution in [2.24, 2.45) is 0 Å². The molecular weight excluding hydrogens is 332 g/mol. The van der Waals surface area contributed by atoms with Crippen LogP contribution in [0, 0.1) is 6.92 Å². The molecule has 0 unspecified atom stereocenters. The van der Waals surface area contributed by atoms with Crippen LogP contribution in [0.4, 0.5) is 15.5 Å². The molecule has 0 bridgehead atoms. The molecule has 116 valence electrons. The lowest BCUT2D eigenvalue weighted by atomic mass is 10.2. The molecule has 0 aromatic carbocycles. The van der Waals surface area contributed by atoms with Gasteiger partial charge in [0.2, 0.25) is 0 Å². The van der Waals surface area contributed by atoms with E-state index in [4.69, 9.17) is 11.6 Å². The summed E-state index contributed by atoms with van der Waals surface area (Å²) in [5.41, 5.74) is 1.90. The van der Waals surface area contributed by atoms with Crippen LogP contribution in [0.15, 0.2) is 36.8 Å². The highest BCUT2D eigenvalue weighted by atomic mass is 35.5. The van der Waals surface area contributed by atoms with Crippen molar-refractivity contribution in [3.63, 3.8) is 0 Å². The predicted molar refractivity (Wildman–Crippen MR) is 93.7 cm³/mol. The summed E-state index contributed by atoms with van der Waals surface area (Å²) < 4.78 is 1.03. The van der Waals surface area contributed by atoms with E-state index in [2.05, 4.69) is 9.97 Å². The molecule has 0 aliphatic carbocycles. The van der Waals surface area contributed by atoms with E-state index in [0.29, 0.717) is 18.2 Å². The third-order valence-electron chi connectivity index (χ3n) is 3.96. The summed E-state index contributed by atoms with van der Waals surface area (Å²) in [5, 5.41) is 2.25. The van der Waals surface area contributed by atoms with Gasteiger partial charge in [-0.15, -0.1) is 11.3 Å². The van der Waals surface area contributed by atoms with E-state index in [1.807, 2.05) is 25.1 Å². The van der Waals surface area contributed by atoms with Crippen LogP contribution in [0.3, 0.4) is 0 Å². The van der Waals surface area contributed by atoms with E-state index in [1.54, 1.807) is 39.7 Å². The number of nitrogens with zero attached hydrogens (tertiary/aromatic N) is 4. The van der Waals surface area contributed by atoms with Gasteiger partial charge in [0.25, 0.3) is 0 Å². The number of fused-ring (bicyclic) bond motifs is 1. The molecule has 1 saturated heterocycles. The highest BCUT2D eigenvalue weighted by Gasteiger charge is 2.32. The Balaban J connectivity index is 1.69. The summed E-state index contributed by atoms with van der Waals surface area (Å²) in [4.78, 5) is 24.6. The molecule has 1 aliphatic rings. The normalized spacial score (nSPS) is 15.0. The fourth-order valence-electron chi connectivity index (χ4n) is 2.75. The molecule has 2 amide bonds. The van der Waals surface area contributed by atoms with E-state index in [-0.39, 0.29) is 6.03 Å². The molecule has 5 nitrogen and oxygen atoms in total. The second-order valence-corrected chi connectivity index (χ2v) is 6.77. The Morgan fingerprint density at radius 2 is 2.04 bits per heavy atom. The molecule has 0 radical (unpaired) electrons. The molecule has 3 aromatic rings. The topological polar surface area (TPSA) is 49.3 Å². The van der Waals surface area contributed by atoms with Crippen molar-refractivity contribution >= 4 is 49.7 Å². The zero-order valence-corrected chi connectivity index (χ0v) is 13.9. The Kier molecular flexibility index (Phi) is 3.43. The minimum atomic E-state index is -0.0308. The number of amides is 2. The van der Waals surface area contributed by atoms with E-state index in [1.165, 1.54) is 0 Å². The van der Waals surface area contributed by atoms with Crippen LogP contribution in [0.5, 0.6) is 0 Å². The molecule has 1 aliphatic heterocycles. The Labute approximate surface area is 142 Å². The first-order chi connectivity index (χ1) is 11.1. The molecule has 0 saturated carbocycles. The van der Waals surface area contributed by atoms with Gasteiger partial charge < -0.3 is 0 Å². The van der Waals surface area contributed by atoms with Gasteiger partial charge in [0.1, 0.15) is 10.2 Å². The lowest BCUT2D eigenvalue weighted by Gasteiger charge is -2.18. The van der Waals surface area contributed by atoms with Crippen LogP contribution in [-0.4, -0.2) is 29.1 Å². The molecule has 23 heavy (non-hydrogen) atoms. The number of rotatable bonds is 2. The number of carbonyl (C=O) groups is 1. The van der Waals surface area contributed by atoms with Crippen LogP contribution < -0.4 is 9.80 Å². The average Bonchev–Trinajstić information content (AvgIpc) is 3.12. The van der Waals surface area contributed by atoms with Gasteiger partial charge in [-0.2, -0.15) is 0 Å². The zero-order chi connectivity index (χ0) is 16.0. The number of hydrogen-bond donors (Lipinski definition) is 0. The first-order valence-electron chi connectivity index (χ1n) is 7.19. The van der Waals surface area contributed by atoms with Crippen molar-refractivity contribution < 1.29 is 4.79 Å². The molecule has 3 aromatic heterocycles.